The summed E-state index contributed by atoms with van der Waals surface area (Å²) in [5.41, 5.74) is 13.8. The van der Waals surface area contributed by atoms with Crippen LogP contribution < -0.4 is 26.2 Å². The number of amides is 3. The first kappa shape index (κ1) is 50.3. The Kier molecular flexibility index (Phi) is 14.7. The summed E-state index contributed by atoms with van der Waals surface area (Å²) < 4.78 is 0. The number of aliphatic hydroxyl groups excluding tert-OH is 1. The van der Waals surface area contributed by atoms with E-state index in [0.29, 0.717) is 28.9 Å². The first-order valence-electron chi connectivity index (χ1n) is 26.2. The fourth-order valence-corrected chi connectivity index (χ4v) is 12.8. The zero-order valence-electron chi connectivity index (χ0n) is 42.5. The van der Waals surface area contributed by atoms with E-state index in [1.54, 1.807) is 23.5 Å². The van der Waals surface area contributed by atoms with Gasteiger partial charge in [0.15, 0.2) is 5.82 Å². The molecule has 1 aliphatic carbocycles. The third kappa shape index (κ3) is 11.0. The first-order chi connectivity index (χ1) is 35.2. The number of thiazole rings is 1. The number of nitrogen functional groups attached to an aromatic ring is 1. The molecule has 5 atom stereocenters. The Hall–Kier alpha value is -6.24. The molecule has 18 heteroatoms. The summed E-state index contributed by atoms with van der Waals surface area (Å²) in [5.74, 6) is 1.29. The van der Waals surface area contributed by atoms with Crippen molar-refractivity contribution in [3.63, 3.8) is 0 Å². The molecule has 3 aromatic heterocycles. The molecule has 0 spiro atoms. The fourth-order valence-electron chi connectivity index (χ4n) is 12.0. The molecule has 0 radical (unpaired) electrons. The average Bonchev–Trinajstić information content (AvgIpc) is 4.08. The lowest BCUT2D eigenvalue weighted by Gasteiger charge is -2.42. The molecule has 1 saturated carbocycles. The molecule has 4 aliphatic heterocycles. The minimum Gasteiger partial charge on any atom is -0.507 e. The third-order valence-corrected chi connectivity index (χ3v) is 17.2. The maximum Gasteiger partial charge on any atom is 0.246 e. The van der Waals surface area contributed by atoms with Gasteiger partial charge in [0, 0.05) is 75.1 Å². The van der Waals surface area contributed by atoms with Gasteiger partial charge in [-0.3, -0.25) is 14.4 Å². The number of piperidine rings is 1. The minimum atomic E-state index is -0.848. The number of aryl methyl sites for hydroxylation is 1. The van der Waals surface area contributed by atoms with Crippen LogP contribution in [-0.2, 0) is 20.9 Å². The van der Waals surface area contributed by atoms with E-state index in [9.17, 15) is 24.6 Å². The molecule has 5 aromatic rings. The van der Waals surface area contributed by atoms with E-state index >= 15 is 0 Å². The quantitative estimate of drug-likeness (QED) is 0.0874. The second-order valence-corrected chi connectivity index (χ2v) is 23.1. The minimum absolute atomic E-state index is 0.0410. The number of benzene rings is 2. The Morgan fingerprint density at radius 1 is 0.863 bits per heavy atom. The van der Waals surface area contributed by atoms with Crippen molar-refractivity contribution in [2.24, 2.45) is 17.3 Å². The van der Waals surface area contributed by atoms with Crippen LogP contribution in [0.25, 0.3) is 21.7 Å². The van der Waals surface area contributed by atoms with Gasteiger partial charge in [0.05, 0.1) is 33.6 Å². The van der Waals surface area contributed by atoms with Crippen LogP contribution in [-0.4, -0.2) is 132 Å². The van der Waals surface area contributed by atoms with E-state index in [4.69, 9.17) is 15.7 Å². The molecule has 7 heterocycles. The highest BCUT2D eigenvalue weighted by Crippen LogP contribution is 2.39. The summed E-state index contributed by atoms with van der Waals surface area (Å²) in [6, 6.07) is 15.9. The highest BCUT2D eigenvalue weighted by molar-refractivity contribution is 7.13. The molecule has 17 nitrogen and oxygen atoms in total. The van der Waals surface area contributed by atoms with E-state index < -0.39 is 23.6 Å². The number of carbonyl (C=O) groups is 3. The Balaban J connectivity index is 0.670. The monoisotopic (exact) mass is 1010 g/mol. The summed E-state index contributed by atoms with van der Waals surface area (Å²) in [6.45, 7) is 12.7. The number of aliphatic hydroxyl groups is 1. The number of β-amino-alcohol motifs (C(OH)–C–C–N with tert-alkyl or cyclic N) is 1. The average molecular weight is 1010 g/mol. The van der Waals surface area contributed by atoms with Crippen molar-refractivity contribution in [1.82, 2.24) is 45.6 Å². The van der Waals surface area contributed by atoms with E-state index in [1.165, 1.54) is 10.5 Å². The molecule has 10 rings (SSSR count). The maximum atomic E-state index is 14.3. The number of piperazine rings is 1. The number of anilines is 3. The SMILES string of the molecule is Cc1ncsc1-c1ccc(CNC(=O)[C@@H]2C[C@@H](O)CN2C(=O)[C@@H](NC(=O)[C@H]2CC[C@H](CN3CCC(c4cnc(N5C6CCC5CN(c5cc(-c7ccccc7O)nnc5N)C6)nc4)CC3)CC2)C(C)(C)C)cc1. The molecular weight excluding hydrogens is 941 g/mol. The van der Waals surface area contributed by atoms with Gasteiger partial charge in [0.1, 0.15) is 17.8 Å². The molecule has 73 heavy (non-hydrogen) atoms. The maximum absolute atomic E-state index is 14.3. The number of nitrogens with two attached hydrogens (primary N) is 1. The lowest BCUT2D eigenvalue weighted by molar-refractivity contribution is -0.144. The van der Waals surface area contributed by atoms with Gasteiger partial charge in [-0.2, -0.15) is 0 Å². The molecule has 2 aromatic carbocycles. The Morgan fingerprint density at radius 2 is 1.56 bits per heavy atom. The van der Waals surface area contributed by atoms with Crippen molar-refractivity contribution in [3.8, 4) is 27.4 Å². The van der Waals surface area contributed by atoms with Gasteiger partial charge in [-0.05, 0) is 124 Å². The van der Waals surface area contributed by atoms with Crippen molar-refractivity contribution in [2.75, 3.05) is 54.8 Å². The summed E-state index contributed by atoms with van der Waals surface area (Å²) in [6.07, 6.45) is 11.0. The summed E-state index contributed by atoms with van der Waals surface area (Å²) in [7, 11) is 0. The lowest BCUT2D eigenvalue weighted by Crippen LogP contribution is -2.58. The van der Waals surface area contributed by atoms with Crippen molar-refractivity contribution in [3.05, 3.63) is 89.3 Å². The molecule has 2 unspecified atom stereocenters. The van der Waals surface area contributed by atoms with Gasteiger partial charge < -0.3 is 46.2 Å². The van der Waals surface area contributed by atoms with Crippen LogP contribution in [0.2, 0.25) is 0 Å². The molecule has 6 N–H and O–H groups in total. The van der Waals surface area contributed by atoms with Crippen LogP contribution in [0.3, 0.4) is 0 Å². The second kappa shape index (κ2) is 21.3. The van der Waals surface area contributed by atoms with Crippen LogP contribution in [0, 0.1) is 24.2 Å². The number of phenolic OH excluding ortho intramolecular Hbond substituents is 1. The van der Waals surface area contributed by atoms with E-state index in [1.807, 2.05) is 88.1 Å². The molecule has 386 valence electrons. The Morgan fingerprint density at radius 3 is 2.22 bits per heavy atom. The number of rotatable bonds is 13. The Bertz CT molecular complexity index is 2740. The largest absolute Gasteiger partial charge is 0.507 e. The second-order valence-electron chi connectivity index (χ2n) is 22.2. The van der Waals surface area contributed by atoms with E-state index in [0.717, 1.165) is 117 Å². The third-order valence-electron chi connectivity index (χ3n) is 16.2. The van der Waals surface area contributed by atoms with Crippen molar-refractivity contribution >= 4 is 46.5 Å². The van der Waals surface area contributed by atoms with Gasteiger partial charge in [-0.1, -0.05) is 57.2 Å². The molecule has 3 amide bonds. The van der Waals surface area contributed by atoms with E-state index in [-0.39, 0.29) is 61.0 Å². The molecule has 2 bridgehead atoms. The number of hydrogen-bond donors (Lipinski definition) is 5. The summed E-state index contributed by atoms with van der Waals surface area (Å²) in [4.78, 5) is 66.0. The number of fused-ring (bicyclic) bond motifs is 2. The number of likely N-dealkylation sites (tertiary alicyclic amines) is 2. The van der Waals surface area contributed by atoms with Crippen LogP contribution in [0.1, 0.15) is 101 Å². The zero-order chi connectivity index (χ0) is 51.0. The van der Waals surface area contributed by atoms with Crippen molar-refractivity contribution < 1.29 is 24.6 Å². The number of para-hydroxylation sites is 1. The van der Waals surface area contributed by atoms with Crippen molar-refractivity contribution in [2.45, 2.75) is 128 Å². The van der Waals surface area contributed by atoms with Gasteiger partial charge in [0.25, 0.3) is 0 Å². The zero-order valence-corrected chi connectivity index (χ0v) is 43.3. The van der Waals surface area contributed by atoms with Gasteiger partial charge >= 0.3 is 0 Å². The van der Waals surface area contributed by atoms with Gasteiger partial charge in [0.2, 0.25) is 23.7 Å². The van der Waals surface area contributed by atoms with Crippen LogP contribution in [0.5, 0.6) is 5.75 Å². The fraction of sp³-hybridized carbons (Fsp3) is 0.527. The van der Waals surface area contributed by atoms with Crippen LogP contribution >= 0.6 is 11.3 Å². The highest BCUT2D eigenvalue weighted by Gasteiger charge is 2.46. The molecule has 5 fully saturated rings. The topological polar surface area (TPSA) is 219 Å². The summed E-state index contributed by atoms with van der Waals surface area (Å²) in [5, 5.41) is 35.8. The highest BCUT2D eigenvalue weighted by atomic mass is 32.1. The summed E-state index contributed by atoms with van der Waals surface area (Å²) >= 11 is 1.59. The number of aromatic nitrogens is 5. The number of carbonyl (C=O) groups excluding carboxylic acids is 3. The van der Waals surface area contributed by atoms with Gasteiger partial charge in [-0.25, -0.2) is 15.0 Å². The number of nitrogens with zero attached hydrogens (tertiary/aromatic N) is 9. The predicted octanol–water partition coefficient (Wildman–Crippen LogP) is 6.31. The molecular formula is C55H70N12O5S. The number of aromatic hydroxyl groups is 1. The number of hydrogen-bond acceptors (Lipinski definition) is 15. The Labute approximate surface area is 432 Å². The van der Waals surface area contributed by atoms with E-state index in [2.05, 4.69) is 40.5 Å². The smallest absolute Gasteiger partial charge is 0.246 e. The van der Waals surface area contributed by atoms with Crippen LogP contribution in [0.4, 0.5) is 17.5 Å². The predicted molar refractivity (Wildman–Crippen MR) is 283 cm³/mol. The van der Waals surface area contributed by atoms with Gasteiger partial charge in [-0.15, -0.1) is 21.5 Å². The lowest BCUT2D eigenvalue weighted by atomic mass is 9.80. The number of nitrogens with one attached hydrogen (secondary N) is 2. The van der Waals surface area contributed by atoms with Crippen LogP contribution in [0.15, 0.2) is 72.5 Å². The normalized spacial score (nSPS) is 24.2. The van der Waals surface area contributed by atoms with Crippen molar-refractivity contribution in [1.29, 1.82) is 0 Å². The first-order valence-corrected chi connectivity index (χ1v) is 27.1. The molecule has 4 saturated heterocycles. The standard InChI is InChI=1S/C55H70N12O5S/c1-33-48(73-32-60-33)37-13-9-34(10-14-37)25-57-52(71)46-23-42(68)31-66(46)53(72)49(55(2,3)4)61-51(70)38-15-11-35(12-16-38)28-64-21-19-36(20-22-64)39-26-58-54(59-27-39)67-40-17-18-41(67)30-65(29-40)45-24-44(62-63-50(45)56)43-7-5-6-8-47(43)69/h5-10,13-14,24,26-27,32,35-36,38,40-42,46,49,68-69H,11-12,15-23,25,28-31H2,1-4H3,(H2,56,63)(H,57,71)(H,61,70)/t35-,38-,40?,41?,42-,46+,49-/m1/s1. The molecule has 5 aliphatic rings. The number of phenols is 1.